The van der Waals surface area contributed by atoms with Crippen LogP contribution < -0.4 is 4.74 Å². The maximum Gasteiger partial charge on any atom is 0.253 e. The van der Waals surface area contributed by atoms with Crippen molar-refractivity contribution in [3.63, 3.8) is 0 Å². The number of carbonyl (C=O) groups is 1. The highest BCUT2D eigenvalue weighted by Gasteiger charge is 2.15. The Labute approximate surface area is 121 Å². The average molecular weight is 279 g/mol. The molecule has 0 saturated heterocycles. The molecular formula is C16H25NO3. The molecule has 0 aromatic heterocycles. The lowest BCUT2D eigenvalue weighted by molar-refractivity contribution is 0.0754. The molecule has 1 amide bonds. The smallest absolute Gasteiger partial charge is 0.253 e. The molecule has 0 aliphatic rings. The molecule has 0 fully saturated rings. The van der Waals surface area contributed by atoms with Gasteiger partial charge in [0, 0.05) is 38.8 Å². The van der Waals surface area contributed by atoms with E-state index in [0.717, 1.165) is 17.7 Å². The zero-order valence-electron chi connectivity index (χ0n) is 13.1. The van der Waals surface area contributed by atoms with Crippen molar-refractivity contribution in [1.82, 2.24) is 4.90 Å². The van der Waals surface area contributed by atoms with Gasteiger partial charge in [-0.15, -0.1) is 0 Å². The van der Waals surface area contributed by atoms with Crippen LogP contribution in [0.4, 0.5) is 0 Å². The molecule has 0 aliphatic carbocycles. The molecule has 0 spiro atoms. The van der Waals surface area contributed by atoms with Crippen LogP contribution in [0.25, 0.3) is 0 Å². The second kappa shape index (κ2) is 7.90. The van der Waals surface area contributed by atoms with Gasteiger partial charge >= 0.3 is 0 Å². The Bertz CT molecular complexity index is 443. The fourth-order valence-corrected chi connectivity index (χ4v) is 1.71. The fourth-order valence-electron chi connectivity index (χ4n) is 1.71. The summed E-state index contributed by atoms with van der Waals surface area (Å²) in [6, 6.07) is 5.77. The number of methoxy groups -OCH3 is 1. The summed E-state index contributed by atoms with van der Waals surface area (Å²) in [6.45, 7) is 7.23. The van der Waals surface area contributed by atoms with Gasteiger partial charge in [0.05, 0.1) is 6.61 Å². The van der Waals surface area contributed by atoms with Gasteiger partial charge in [-0.25, -0.2) is 0 Å². The summed E-state index contributed by atoms with van der Waals surface area (Å²) < 4.78 is 10.7. The molecule has 0 bridgehead atoms. The van der Waals surface area contributed by atoms with Gasteiger partial charge in [0.1, 0.15) is 5.75 Å². The molecule has 112 valence electrons. The normalized spacial score (nSPS) is 10.7. The zero-order chi connectivity index (χ0) is 15.1. The lowest BCUT2D eigenvalue weighted by Gasteiger charge is -2.22. The van der Waals surface area contributed by atoms with Gasteiger partial charge < -0.3 is 14.4 Å². The lowest BCUT2D eigenvalue weighted by Crippen LogP contribution is -2.32. The fraction of sp³-hybridized carbons (Fsp3) is 0.562. The van der Waals surface area contributed by atoms with Crippen molar-refractivity contribution in [2.24, 2.45) is 0 Å². The van der Waals surface area contributed by atoms with Crippen molar-refractivity contribution in [2.75, 3.05) is 27.4 Å². The molecule has 0 atom stereocenters. The molecule has 4 heteroatoms. The highest BCUT2D eigenvalue weighted by Crippen LogP contribution is 2.21. The van der Waals surface area contributed by atoms with Crippen molar-refractivity contribution in [3.8, 4) is 5.75 Å². The topological polar surface area (TPSA) is 38.8 Å². The summed E-state index contributed by atoms with van der Waals surface area (Å²) in [4.78, 5) is 14.0. The molecule has 0 radical (unpaired) electrons. The van der Waals surface area contributed by atoms with Gasteiger partial charge in [-0.2, -0.15) is 0 Å². The molecule has 1 rings (SSSR count). The third-order valence-electron chi connectivity index (χ3n) is 3.28. The Kier molecular flexibility index (Phi) is 6.52. The van der Waals surface area contributed by atoms with E-state index in [4.69, 9.17) is 9.47 Å². The van der Waals surface area contributed by atoms with Gasteiger partial charge in [-0.05, 0) is 38.5 Å². The Morgan fingerprint density at radius 3 is 2.60 bits per heavy atom. The summed E-state index contributed by atoms with van der Waals surface area (Å²) in [5, 5.41) is 0. The Morgan fingerprint density at radius 1 is 1.30 bits per heavy atom. The molecule has 0 aliphatic heterocycles. The average Bonchev–Trinajstić information content (AvgIpc) is 2.43. The summed E-state index contributed by atoms with van der Waals surface area (Å²) in [6.07, 6.45) is 0.833. The van der Waals surface area contributed by atoms with E-state index in [9.17, 15) is 4.79 Å². The monoisotopic (exact) mass is 279 g/mol. The van der Waals surface area contributed by atoms with E-state index in [2.05, 4.69) is 0 Å². The van der Waals surface area contributed by atoms with E-state index in [-0.39, 0.29) is 11.9 Å². The van der Waals surface area contributed by atoms with Crippen molar-refractivity contribution in [1.29, 1.82) is 0 Å². The van der Waals surface area contributed by atoms with Crippen molar-refractivity contribution in [3.05, 3.63) is 29.3 Å². The maximum absolute atomic E-state index is 12.3. The van der Waals surface area contributed by atoms with E-state index in [1.54, 1.807) is 12.0 Å². The van der Waals surface area contributed by atoms with Crippen molar-refractivity contribution in [2.45, 2.75) is 33.2 Å². The largest absolute Gasteiger partial charge is 0.493 e. The Hall–Kier alpha value is -1.55. The number of hydrogen-bond acceptors (Lipinski definition) is 3. The van der Waals surface area contributed by atoms with Gasteiger partial charge in [0.25, 0.3) is 5.91 Å². The number of aryl methyl sites for hydroxylation is 1. The minimum absolute atomic E-state index is 0.0155. The van der Waals surface area contributed by atoms with Gasteiger partial charge in [-0.3, -0.25) is 4.79 Å². The molecule has 0 N–H and O–H groups in total. The maximum atomic E-state index is 12.3. The highest BCUT2D eigenvalue weighted by molar-refractivity contribution is 5.94. The highest BCUT2D eigenvalue weighted by atomic mass is 16.5. The molecule has 0 heterocycles. The summed E-state index contributed by atoms with van der Waals surface area (Å²) >= 11 is 0. The minimum atomic E-state index is 0.0155. The number of hydrogen-bond donors (Lipinski definition) is 0. The molecule has 0 saturated carbocycles. The summed E-state index contributed by atoms with van der Waals surface area (Å²) in [5.74, 6) is 0.783. The summed E-state index contributed by atoms with van der Waals surface area (Å²) in [7, 11) is 3.48. The van der Waals surface area contributed by atoms with Gasteiger partial charge in [-0.1, -0.05) is 6.07 Å². The second-order valence-corrected chi connectivity index (χ2v) is 5.18. The third-order valence-corrected chi connectivity index (χ3v) is 3.28. The van der Waals surface area contributed by atoms with Crippen LogP contribution in [-0.2, 0) is 4.74 Å². The van der Waals surface area contributed by atoms with Crippen molar-refractivity contribution >= 4 is 5.91 Å². The van der Waals surface area contributed by atoms with Crippen LogP contribution in [0.3, 0.4) is 0 Å². The van der Waals surface area contributed by atoms with Crippen LogP contribution >= 0.6 is 0 Å². The standard InChI is InChI=1S/C16H25NO3/c1-12(2)17(4)16(18)14-8-7-13(3)15(11-14)20-10-6-9-19-5/h7-8,11-12H,6,9-10H2,1-5H3. The first-order valence-electron chi connectivity index (χ1n) is 6.97. The third kappa shape index (κ3) is 4.53. The molecule has 1 aromatic carbocycles. The van der Waals surface area contributed by atoms with Crippen LogP contribution in [0.1, 0.15) is 36.2 Å². The van der Waals surface area contributed by atoms with E-state index < -0.39 is 0 Å². The number of rotatable bonds is 7. The predicted octanol–water partition coefficient (Wildman–Crippen LogP) is 2.89. The van der Waals surface area contributed by atoms with E-state index >= 15 is 0 Å². The van der Waals surface area contributed by atoms with Crippen LogP contribution in [0, 0.1) is 6.92 Å². The van der Waals surface area contributed by atoms with E-state index in [0.29, 0.717) is 18.8 Å². The van der Waals surface area contributed by atoms with Crippen LogP contribution in [-0.4, -0.2) is 44.2 Å². The van der Waals surface area contributed by atoms with Gasteiger partial charge in [0.2, 0.25) is 0 Å². The number of nitrogens with zero attached hydrogens (tertiary/aromatic N) is 1. The first kappa shape index (κ1) is 16.5. The quantitative estimate of drug-likeness (QED) is 0.720. The van der Waals surface area contributed by atoms with Gasteiger partial charge in [0.15, 0.2) is 0 Å². The van der Waals surface area contributed by atoms with E-state index in [1.165, 1.54) is 0 Å². The van der Waals surface area contributed by atoms with Crippen LogP contribution in [0.15, 0.2) is 18.2 Å². The lowest BCUT2D eigenvalue weighted by atomic mass is 10.1. The minimum Gasteiger partial charge on any atom is -0.493 e. The number of carbonyl (C=O) groups excluding carboxylic acids is 1. The zero-order valence-corrected chi connectivity index (χ0v) is 13.1. The Morgan fingerprint density at radius 2 is 2.00 bits per heavy atom. The molecule has 20 heavy (non-hydrogen) atoms. The summed E-state index contributed by atoms with van der Waals surface area (Å²) in [5.41, 5.74) is 1.69. The molecule has 0 unspecified atom stereocenters. The SMILES string of the molecule is COCCCOc1cc(C(=O)N(C)C(C)C)ccc1C. The predicted molar refractivity (Wildman–Crippen MR) is 80.4 cm³/mol. The number of benzene rings is 1. The van der Waals surface area contributed by atoms with E-state index in [1.807, 2.05) is 46.0 Å². The molecule has 1 aromatic rings. The van der Waals surface area contributed by atoms with Crippen LogP contribution in [0.2, 0.25) is 0 Å². The first-order chi connectivity index (χ1) is 9.47. The number of amides is 1. The first-order valence-corrected chi connectivity index (χ1v) is 6.97. The van der Waals surface area contributed by atoms with Crippen molar-refractivity contribution < 1.29 is 14.3 Å². The second-order valence-electron chi connectivity index (χ2n) is 5.18. The molecule has 4 nitrogen and oxygen atoms in total. The Balaban J connectivity index is 2.77. The molecular weight excluding hydrogens is 254 g/mol. The number of ether oxygens (including phenoxy) is 2. The van der Waals surface area contributed by atoms with Crippen LogP contribution in [0.5, 0.6) is 5.75 Å².